The number of amides is 1. The van der Waals surface area contributed by atoms with Crippen LogP contribution in [0.2, 0.25) is 0 Å². The van der Waals surface area contributed by atoms with Gasteiger partial charge in [-0.25, -0.2) is 0 Å². The van der Waals surface area contributed by atoms with Crippen molar-refractivity contribution >= 4 is 11.7 Å². The minimum absolute atomic E-state index is 0.0216. The van der Waals surface area contributed by atoms with E-state index < -0.39 is 5.60 Å². The number of Topliss-reactive ketones (excluding diaryl/α,β-unsaturated/α-hetero) is 1. The Hall–Kier alpha value is -2.63. The van der Waals surface area contributed by atoms with Gasteiger partial charge in [-0.3, -0.25) is 14.3 Å². The van der Waals surface area contributed by atoms with Gasteiger partial charge in [0.15, 0.2) is 5.78 Å². The number of carbonyl (C=O) groups excluding carboxylic acids is 2. The van der Waals surface area contributed by atoms with E-state index >= 15 is 0 Å². The molecule has 0 unspecified atom stereocenters. The summed E-state index contributed by atoms with van der Waals surface area (Å²) in [4.78, 5) is 27.4. The number of benzene rings is 1. The van der Waals surface area contributed by atoms with Crippen molar-refractivity contribution in [3.8, 4) is 5.75 Å². The van der Waals surface area contributed by atoms with Gasteiger partial charge in [0.1, 0.15) is 11.4 Å². The first-order valence-electron chi connectivity index (χ1n) is 9.77. The Balaban J connectivity index is 1.57. The third-order valence-electron chi connectivity index (χ3n) is 5.36. The third-order valence-corrected chi connectivity index (χ3v) is 5.36. The highest BCUT2D eigenvalue weighted by Crippen LogP contribution is 2.34. The number of ether oxygens (including phenoxy) is 1. The van der Waals surface area contributed by atoms with Crippen LogP contribution >= 0.6 is 0 Å². The molecule has 3 heterocycles. The lowest BCUT2D eigenvalue weighted by atomic mass is 9.92. The van der Waals surface area contributed by atoms with Gasteiger partial charge >= 0.3 is 0 Å². The van der Waals surface area contributed by atoms with Crippen LogP contribution in [0.1, 0.15) is 73.0 Å². The maximum Gasteiger partial charge on any atom is 0.254 e. The highest BCUT2D eigenvalue weighted by molar-refractivity contribution is 6.03. The van der Waals surface area contributed by atoms with Gasteiger partial charge in [-0.1, -0.05) is 0 Å². The van der Waals surface area contributed by atoms with E-state index in [0.717, 1.165) is 12.0 Å². The van der Waals surface area contributed by atoms with Crippen molar-refractivity contribution in [3.05, 3.63) is 46.8 Å². The average molecular weight is 381 g/mol. The van der Waals surface area contributed by atoms with Crippen LogP contribution in [0.5, 0.6) is 5.75 Å². The lowest BCUT2D eigenvalue weighted by Crippen LogP contribution is -2.38. The number of hydrogen-bond donors (Lipinski definition) is 0. The lowest BCUT2D eigenvalue weighted by molar-refractivity contribution is 0.0619. The normalized spacial score (nSPS) is 18.3. The molecule has 0 N–H and O–H groups in total. The number of nitrogens with zero attached hydrogens (tertiary/aromatic N) is 3. The summed E-state index contributed by atoms with van der Waals surface area (Å²) in [5.74, 6) is 0.521. The summed E-state index contributed by atoms with van der Waals surface area (Å²) in [6.07, 6.45) is 2.96. The zero-order valence-corrected chi connectivity index (χ0v) is 17.2. The van der Waals surface area contributed by atoms with E-state index in [1.807, 2.05) is 24.9 Å². The monoisotopic (exact) mass is 381 g/mol. The van der Waals surface area contributed by atoms with Gasteiger partial charge in [-0.2, -0.15) is 5.10 Å². The fourth-order valence-electron chi connectivity index (χ4n) is 4.05. The largest absolute Gasteiger partial charge is 0.487 e. The molecule has 0 saturated carbocycles. The second kappa shape index (κ2) is 6.19. The fourth-order valence-corrected chi connectivity index (χ4v) is 4.05. The standard InChI is InChI=1S/C22H27N3O3/c1-21(2,3)25-17-8-9-24(13-15(17)12-23-25)20(27)14-6-7-19-16(10-14)18(26)11-22(4,5)28-19/h6-7,10,12H,8-9,11,13H2,1-5H3. The van der Waals surface area contributed by atoms with Crippen LogP contribution < -0.4 is 4.74 Å². The van der Waals surface area contributed by atoms with E-state index in [1.54, 1.807) is 18.2 Å². The van der Waals surface area contributed by atoms with Crippen molar-refractivity contribution in [2.24, 2.45) is 0 Å². The predicted octanol–water partition coefficient (Wildman–Crippen LogP) is 3.58. The van der Waals surface area contributed by atoms with Crippen molar-refractivity contribution in [1.82, 2.24) is 14.7 Å². The summed E-state index contributed by atoms with van der Waals surface area (Å²) < 4.78 is 7.95. The molecule has 148 valence electrons. The molecule has 2 aliphatic rings. The predicted molar refractivity (Wildman–Crippen MR) is 106 cm³/mol. The summed E-state index contributed by atoms with van der Waals surface area (Å²) in [6, 6.07) is 5.18. The number of aromatic nitrogens is 2. The topological polar surface area (TPSA) is 64.4 Å². The van der Waals surface area contributed by atoms with Gasteiger partial charge in [0.25, 0.3) is 5.91 Å². The number of fused-ring (bicyclic) bond motifs is 2. The van der Waals surface area contributed by atoms with E-state index in [4.69, 9.17) is 4.74 Å². The van der Waals surface area contributed by atoms with Crippen molar-refractivity contribution in [2.45, 2.75) is 65.1 Å². The van der Waals surface area contributed by atoms with Crippen molar-refractivity contribution < 1.29 is 14.3 Å². The first-order chi connectivity index (χ1) is 13.0. The molecular weight excluding hydrogens is 354 g/mol. The number of rotatable bonds is 1. The van der Waals surface area contributed by atoms with Gasteiger partial charge in [0.05, 0.1) is 23.7 Å². The van der Waals surface area contributed by atoms with E-state index in [0.29, 0.717) is 36.4 Å². The first-order valence-corrected chi connectivity index (χ1v) is 9.77. The molecule has 0 aliphatic carbocycles. The zero-order valence-electron chi connectivity index (χ0n) is 17.2. The molecule has 1 aromatic heterocycles. The highest BCUT2D eigenvalue weighted by Gasteiger charge is 2.34. The Morgan fingerprint density at radius 3 is 2.71 bits per heavy atom. The molecule has 0 fully saturated rings. The summed E-state index contributed by atoms with van der Waals surface area (Å²) >= 11 is 0. The molecule has 2 aromatic rings. The molecule has 0 spiro atoms. The minimum atomic E-state index is -0.508. The summed E-state index contributed by atoms with van der Waals surface area (Å²) in [5.41, 5.74) is 2.74. The first kappa shape index (κ1) is 18.7. The molecule has 0 atom stereocenters. The zero-order chi connectivity index (χ0) is 20.3. The fraction of sp³-hybridized carbons (Fsp3) is 0.500. The van der Waals surface area contributed by atoms with E-state index in [1.165, 1.54) is 5.69 Å². The molecule has 1 aromatic carbocycles. The van der Waals surface area contributed by atoms with Gasteiger partial charge in [0.2, 0.25) is 0 Å². The molecule has 1 amide bonds. The smallest absolute Gasteiger partial charge is 0.254 e. The molecule has 0 bridgehead atoms. The Kier molecular flexibility index (Phi) is 4.14. The number of carbonyl (C=O) groups is 2. The average Bonchev–Trinajstić information content (AvgIpc) is 3.03. The Morgan fingerprint density at radius 2 is 2.00 bits per heavy atom. The van der Waals surface area contributed by atoms with Crippen molar-refractivity contribution in [2.75, 3.05) is 6.54 Å². The van der Waals surface area contributed by atoms with Crippen LogP contribution in [0, 0.1) is 0 Å². The Bertz CT molecular complexity index is 966. The number of hydrogen-bond acceptors (Lipinski definition) is 4. The van der Waals surface area contributed by atoms with E-state index in [-0.39, 0.29) is 17.2 Å². The molecular formula is C22H27N3O3. The Labute approximate surface area is 165 Å². The SMILES string of the molecule is CC1(C)CC(=O)c2cc(C(=O)N3CCc4c(cnn4C(C)(C)C)C3)ccc2O1. The molecule has 6 heteroatoms. The second-order valence-corrected chi connectivity index (χ2v) is 9.35. The van der Waals surface area contributed by atoms with Crippen LogP contribution in [0.25, 0.3) is 0 Å². The van der Waals surface area contributed by atoms with E-state index in [9.17, 15) is 9.59 Å². The molecule has 0 radical (unpaired) electrons. The number of ketones is 1. The molecule has 6 nitrogen and oxygen atoms in total. The maximum atomic E-state index is 13.1. The summed E-state index contributed by atoms with van der Waals surface area (Å²) in [7, 11) is 0. The summed E-state index contributed by atoms with van der Waals surface area (Å²) in [5, 5.41) is 4.53. The second-order valence-electron chi connectivity index (χ2n) is 9.35. The molecule has 2 aliphatic heterocycles. The van der Waals surface area contributed by atoms with E-state index in [2.05, 4.69) is 30.6 Å². The van der Waals surface area contributed by atoms with Crippen LogP contribution in [0.15, 0.2) is 24.4 Å². The molecule has 4 rings (SSSR count). The van der Waals surface area contributed by atoms with Crippen LogP contribution in [0.4, 0.5) is 0 Å². The van der Waals surface area contributed by atoms with Crippen LogP contribution in [0.3, 0.4) is 0 Å². The summed E-state index contributed by atoms with van der Waals surface area (Å²) in [6.45, 7) is 11.4. The van der Waals surface area contributed by atoms with Gasteiger partial charge in [-0.05, 0) is 52.8 Å². The van der Waals surface area contributed by atoms with Crippen LogP contribution in [-0.4, -0.2) is 38.5 Å². The molecule has 0 saturated heterocycles. The van der Waals surface area contributed by atoms with Crippen molar-refractivity contribution in [3.63, 3.8) is 0 Å². The van der Waals surface area contributed by atoms with Gasteiger partial charge in [-0.15, -0.1) is 0 Å². The van der Waals surface area contributed by atoms with Crippen LogP contribution in [-0.2, 0) is 18.5 Å². The van der Waals surface area contributed by atoms with Gasteiger partial charge in [0, 0.05) is 36.3 Å². The third kappa shape index (κ3) is 3.21. The lowest BCUT2D eigenvalue weighted by Gasteiger charge is -2.32. The molecule has 28 heavy (non-hydrogen) atoms. The quantitative estimate of drug-likeness (QED) is 0.757. The van der Waals surface area contributed by atoms with Gasteiger partial charge < -0.3 is 9.64 Å². The Morgan fingerprint density at radius 1 is 1.25 bits per heavy atom. The highest BCUT2D eigenvalue weighted by atomic mass is 16.5. The minimum Gasteiger partial charge on any atom is -0.487 e. The maximum absolute atomic E-state index is 13.1. The van der Waals surface area contributed by atoms with Crippen molar-refractivity contribution in [1.29, 1.82) is 0 Å².